The summed E-state index contributed by atoms with van der Waals surface area (Å²) in [6.45, 7) is 4.28. The Labute approximate surface area is 152 Å². The van der Waals surface area contributed by atoms with Crippen LogP contribution in [0, 0.1) is 11.8 Å². The molecule has 1 saturated heterocycles. The zero-order chi connectivity index (χ0) is 16.4. The molecule has 1 aliphatic rings. The molecule has 0 aromatic heterocycles. The minimum atomic E-state index is -0.681. The molecule has 1 aliphatic heterocycles. The molecule has 1 N–H and O–H groups in total. The lowest BCUT2D eigenvalue weighted by Crippen LogP contribution is -2.28. The van der Waals surface area contributed by atoms with E-state index in [1.807, 2.05) is 18.8 Å². The van der Waals surface area contributed by atoms with Crippen molar-refractivity contribution in [1.82, 2.24) is 4.31 Å². The maximum atomic E-state index is 11.1. The smallest absolute Gasteiger partial charge is 0.303 e. The summed E-state index contributed by atoms with van der Waals surface area (Å²) in [7, 11) is 5.09. The van der Waals surface area contributed by atoms with Crippen LogP contribution in [0.3, 0.4) is 0 Å². The van der Waals surface area contributed by atoms with Crippen molar-refractivity contribution >= 4 is 51.0 Å². The highest BCUT2D eigenvalue weighted by Crippen LogP contribution is 2.31. The van der Waals surface area contributed by atoms with Gasteiger partial charge in [0.2, 0.25) is 0 Å². The third-order valence-corrected chi connectivity index (χ3v) is 6.40. The number of nitrogens with zero attached hydrogens (tertiary/aromatic N) is 1. The number of carboxylic acid groups (broad SMARTS) is 1. The summed E-state index contributed by atoms with van der Waals surface area (Å²) in [6, 6.07) is 0. The molecule has 0 aromatic rings. The van der Waals surface area contributed by atoms with Crippen LogP contribution < -0.4 is 0 Å². The van der Waals surface area contributed by atoms with E-state index in [0.29, 0.717) is 5.92 Å². The summed E-state index contributed by atoms with van der Waals surface area (Å²) in [5, 5.41) is 9.13. The van der Waals surface area contributed by atoms with Gasteiger partial charge >= 0.3 is 5.97 Å². The molecular formula is C16H25INO2PS. The molecule has 0 aliphatic carbocycles. The molecule has 22 heavy (non-hydrogen) atoms. The SMILES string of the molecule is CC(/C=C\C[C@H](CC(=O)O)CC1CCN(SI)CC1)=C/C=P. The van der Waals surface area contributed by atoms with Crippen LogP contribution in [-0.2, 0) is 4.79 Å². The number of piperidine rings is 1. The third kappa shape index (κ3) is 8.70. The van der Waals surface area contributed by atoms with Gasteiger partial charge in [-0.2, -0.15) is 0 Å². The number of allylic oxidation sites excluding steroid dienone is 4. The summed E-state index contributed by atoms with van der Waals surface area (Å²) in [6.07, 6.45) is 10.7. The molecule has 1 atom stereocenters. The third-order valence-electron chi connectivity index (χ3n) is 4.00. The fourth-order valence-electron chi connectivity index (χ4n) is 2.83. The van der Waals surface area contributed by atoms with Gasteiger partial charge in [-0.15, -0.1) is 8.86 Å². The highest BCUT2D eigenvalue weighted by Gasteiger charge is 2.23. The first kappa shape index (κ1) is 20.2. The van der Waals surface area contributed by atoms with E-state index < -0.39 is 5.97 Å². The van der Waals surface area contributed by atoms with E-state index in [0.717, 1.165) is 31.5 Å². The van der Waals surface area contributed by atoms with Gasteiger partial charge < -0.3 is 5.11 Å². The molecule has 0 spiro atoms. The molecule has 0 unspecified atom stereocenters. The average molecular weight is 453 g/mol. The monoisotopic (exact) mass is 453 g/mol. The van der Waals surface area contributed by atoms with Gasteiger partial charge in [-0.25, -0.2) is 4.31 Å². The van der Waals surface area contributed by atoms with Crippen molar-refractivity contribution in [3.05, 3.63) is 23.8 Å². The van der Waals surface area contributed by atoms with Crippen LogP contribution in [0.4, 0.5) is 0 Å². The number of halogens is 1. The number of carbonyl (C=O) groups is 1. The van der Waals surface area contributed by atoms with E-state index in [1.54, 1.807) is 9.12 Å². The van der Waals surface area contributed by atoms with Gasteiger partial charge in [0, 0.05) is 40.7 Å². The van der Waals surface area contributed by atoms with Crippen molar-refractivity contribution in [1.29, 1.82) is 0 Å². The maximum absolute atomic E-state index is 11.1. The van der Waals surface area contributed by atoms with Crippen molar-refractivity contribution in [2.45, 2.75) is 39.0 Å². The van der Waals surface area contributed by atoms with Gasteiger partial charge in [0.1, 0.15) is 0 Å². The van der Waals surface area contributed by atoms with Crippen LogP contribution in [0.5, 0.6) is 0 Å². The molecular weight excluding hydrogens is 428 g/mol. The molecule has 124 valence electrons. The van der Waals surface area contributed by atoms with E-state index >= 15 is 0 Å². The lowest BCUT2D eigenvalue weighted by atomic mass is 9.84. The first-order valence-electron chi connectivity index (χ1n) is 7.64. The Kier molecular flexibility index (Phi) is 10.7. The zero-order valence-corrected chi connectivity index (χ0v) is 17.0. The quantitative estimate of drug-likeness (QED) is 0.231. The molecule has 1 fully saturated rings. The Morgan fingerprint density at radius 1 is 1.50 bits per heavy atom. The molecule has 0 saturated carbocycles. The van der Waals surface area contributed by atoms with E-state index in [9.17, 15) is 4.79 Å². The van der Waals surface area contributed by atoms with Crippen molar-refractivity contribution in [2.24, 2.45) is 11.8 Å². The second-order valence-corrected chi connectivity index (χ2v) is 8.03. The van der Waals surface area contributed by atoms with Crippen LogP contribution >= 0.6 is 39.2 Å². The van der Waals surface area contributed by atoms with E-state index in [-0.39, 0.29) is 12.3 Å². The summed E-state index contributed by atoms with van der Waals surface area (Å²) in [5.41, 5.74) is 1.16. The number of hydrogen-bond acceptors (Lipinski definition) is 3. The van der Waals surface area contributed by atoms with Gasteiger partial charge in [0.05, 0.1) is 0 Å². The Balaban J connectivity index is 2.48. The lowest BCUT2D eigenvalue weighted by molar-refractivity contribution is -0.138. The van der Waals surface area contributed by atoms with Gasteiger partial charge in [-0.3, -0.25) is 4.79 Å². The molecule has 0 bridgehead atoms. The number of rotatable bonds is 9. The predicted octanol–water partition coefficient (Wildman–Crippen LogP) is 5.02. The second kappa shape index (κ2) is 11.7. The number of hydrogen-bond donors (Lipinski definition) is 1. The summed E-state index contributed by atoms with van der Waals surface area (Å²) in [4.78, 5) is 11.1. The average Bonchev–Trinajstić information content (AvgIpc) is 2.47. The molecule has 1 heterocycles. The van der Waals surface area contributed by atoms with Crippen molar-refractivity contribution < 1.29 is 9.90 Å². The first-order chi connectivity index (χ1) is 10.5. The number of carboxylic acids is 1. The van der Waals surface area contributed by atoms with Crippen LogP contribution in [0.15, 0.2) is 23.8 Å². The topological polar surface area (TPSA) is 40.5 Å². The van der Waals surface area contributed by atoms with Crippen LogP contribution in [0.1, 0.15) is 39.0 Å². The Hall–Kier alpha value is 0.160. The second-order valence-electron chi connectivity index (χ2n) is 5.86. The van der Waals surface area contributed by atoms with Crippen LogP contribution in [0.2, 0.25) is 0 Å². The molecule has 3 nitrogen and oxygen atoms in total. The minimum absolute atomic E-state index is 0.248. The van der Waals surface area contributed by atoms with Crippen LogP contribution in [-0.4, -0.2) is 34.3 Å². The van der Waals surface area contributed by atoms with Gasteiger partial charge in [-0.05, 0) is 59.4 Å². The van der Waals surface area contributed by atoms with Crippen molar-refractivity contribution in [3.8, 4) is 0 Å². The lowest BCUT2D eigenvalue weighted by Gasteiger charge is -2.31. The summed E-state index contributed by atoms with van der Waals surface area (Å²) >= 11 is 2.33. The highest BCUT2D eigenvalue weighted by molar-refractivity contribution is 14.2. The van der Waals surface area contributed by atoms with Gasteiger partial charge in [0.15, 0.2) is 0 Å². The number of aliphatic carboxylic acids is 1. The molecule has 0 amide bonds. The predicted molar refractivity (Wildman–Crippen MR) is 108 cm³/mol. The first-order valence-corrected chi connectivity index (χ1v) is 11.5. The van der Waals surface area contributed by atoms with Crippen molar-refractivity contribution in [2.75, 3.05) is 13.1 Å². The highest BCUT2D eigenvalue weighted by atomic mass is 127. The Morgan fingerprint density at radius 2 is 2.18 bits per heavy atom. The summed E-state index contributed by atoms with van der Waals surface area (Å²) < 4.78 is 2.38. The molecule has 0 radical (unpaired) electrons. The maximum Gasteiger partial charge on any atom is 0.303 e. The fraction of sp³-hybridized carbons (Fsp3) is 0.625. The normalized spacial score (nSPS) is 19.5. The molecule has 1 rings (SSSR count). The Bertz CT molecular complexity index is 420. The standard InChI is InChI=1S/C16H25INO2PS/c1-13(7-10-21)3-2-4-15(12-16(19)20)11-14-5-8-18(22-17)9-6-14/h2-3,7,10,14-15,21H,4-6,8-9,11-12H2,1H3,(H,19,20)/b3-2-,13-7-/t15-/m0/s1. The van der Waals surface area contributed by atoms with Gasteiger partial charge in [0.25, 0.3) is 0 Å². The zero-order valence-electron chi connectivity index (χ0n) is 13.0. The van der Waals surface area contributed by atoms with Gasteiger partial charge in [-0.1, -0.05) is 23.8 Å². The van der Waals surface area contributed by atoms with Crippen LogP contribution in [0.25, 0.3) is 0 Å². The minimum Gasteiger partial charge on any atom is -0.481 e. The van der Waals surface area contributed by atoms with E-state index in [4.69, 9.17) is 5.11 Å². The van der Waals surface area contributed by atoms with E-state index in [2.05, 4.69) is 46.5 Å². The summed E-state index contributed by atoms with van der Waals surface area (Å²) in [5.74, 6) is 2.06. The molecule has 0 aromatic carbocycles. The Morgan fingerprint density at radius 3 is 2.73 bits per heavy atom. The fourth-order valence-corrected chi connectivity index (χ4v) is 4.62. The molecule has 6 heteroatoms. The largest absolute Gasteiger partial charge is 0.481 e. The van der Waals surface area contributed by atoms with E-state index in [1.165, 1.54) is 12.8 Å². The van der Waals surface area contributed by atoms with Crippen molar-refractivity contribution in [3.63, 3.8) is 0 Å².